The van der Waals surface area contributed by atoms with E-state index in [1.807, 2.05) is 0 Å². The van der Waals surface area contributed by atoms with Crippen molar-refractivity contribution >= 4 is 41.0 Å². The molecule has 1 atom stereocenters. The van der Waals surface area contributed by atoms with E-state index in [2.05, 4.69) is 24.1 Å². The van der Waals surface area contributed by atoms with Crippen molar-refractivity contribution in [2.45, 2.75) is 100 Å². The molecule has 8 heteroatoms. The Balaban J connectivity index is 2.00. The molecule has 1 aromatic carbocycles. The van der Waals surface area contributed by atoms with Crippen molar-refractivity contribution in [3.05, 3.63) is 23.2 Å². The van der Waals surface area contributed by atoms with E-state index in [1.165, 1.54) is 55.6 Å². The van der Waals surface area contributed by atoms with Crippen LogP contribution in [0.2, 0.25) is 0 Å². The van der Waals surface area contributed by atoms with Crippen LogP contribution in [-0.4, -0.2) is 27.4 Å². The molecule has 6 nitrogen and oxygen atoms in total. The Morgan fingerprint density at radius 2 is 1.62 bits per heavy atom. The molecule has 1 heterocycles. The van der Waals surface area contributed by atoms with Gasteiger partial charge in [-0.2, -0.15) is 0 Å². The number of unbranched alkanes of at least 4 members (excludes halogenated alkanes) is 8. The summed E-state index contributed by atoms with van der Waals surface area (Å²) in [5.74, 6) is -0.368. The molecule has 34 heavy (non-hydrogen) atoms. The van der Waals surface area contributed by atoms with E-state index in [4.69, 9.17) is 0 Å². The number of amides is 1. The molecule has 3 N–H and O–H groups in total. The maximum Gasteiger partial charge on any atom is 0.227 e. The highest BCUT2D eigenvalue weighted by Gasteiger charge is 2.20. The fourth-order valence-electron chi connectivity index (χ4n) is 3.83. The van der Waals surface area contributed by atoms with Gasteiger partial charge in [-0.1, -0.05) is 89.8 Å². The summed E-state index contributed by atoms with van der Waals surface area (Å²) in [6, 6.07) is 2.80. The summed E-state index contributed by atoms with van der Waals surface area (Å²) in [4.78, 5) is 28.4. The van der Waals surface area contributed by atoms with Crippen LogP contribution >= 0.6 is 23.1 Å². The molecular formula is C26H38N2O4S2. The van der Waals surface area contributed by atoms with Crippen LogP contribution in [0.3, 0.4) is 0 Å². The topological polar surface area (TPSA) is 99.5 Å². The first-order valence-corrected chi connectivity index (χ1v) is 14.1. The molecule has 0 radical (unpaired) electrons. The van der Waals surface area contributed by atoms with Crippen LogP contribution in [0.15, 0.2) is 26.7 Å². The van der Waals surface area contributed by atoms with Crippen molar-refractivity contribution in [3.8, 4) is 11.5 Å². The summed E-state index contributed by atoms with van der Waals surface area (Å²) in [6.07, 6.45) is 13.9. The molecule has 1 aromatic heterocycles. The highest BCUT2D eigenvalue weighted by atomic mass is 32.2. The molecule has 188 valence electrons. The molecule has 1 unspecified atom stereocenters. The van der Waals surface area contributed by atoms with E-state index >= 15 is 0 Å². The van der Waals surface area contributed by atoms with Gasteiger partial charge in [-0.3, -0.25) is 9.59 Å². The van der Waals surface area contributed by atoms with Crippen LogP contribution in [0, 0.1) is 5.92 Å². The fraction of sp³-hybridized carbons (Fsp3) is 0.577. The molecule has 2 aromatic rings. The predicted octanol–water partition coefficient (Wildman–Crippen LogP) is 7.79. The molecule has 0 aliphatic rings. The van der Waals surface area contributed by atoms with E-state index in [9.17, 15) is 19.8 Å². The van der Waals surface area contributed by atoms with E-state index in [0.717, 1.165) is 56.7 Å². The number of benzene rings is 1. The van der Waals surface area contributed by atoms with Gasteiger partial charge in [0.2, 0.25) is 5.91 Å². The van der Waals surface area contributed by atoms with Crippen molar-refractivity contribution in [1.82, 2.24) is 4.98 Å². The number of nitrogens with zero attached hydrogens (tertiary/aromatic N) is 1. The summed E-state index contributed by atoms with van der Waals surface area (Å²) in [6.45, 7) is 4.38. The molecule has 0 aliphatic heterocycles. The third kappa shape index (κ3) is 9.66. The van der Waals surface area contributed by atoms with E-state index in [0.29, 0.717) is 21.2 Å². The van der Waals surface area contributed by atoms with Gasteiger partial charge in [0.05, 0.1) is 10.6 Å². The quantitative estimate of drug-likeness (QED) is 0.0876. The van der Waals surface area contributed by atoms with Crippen molar-refractivity contribution in [3.63, 3.8) is 0 Å². The van der Waals surface area contributed by atoms with Gasteiger partial charge in [-0.25, -0.2) is 4.98 Å². The lowest BCUT2D eigenvalue weighted by molar-refractivity contribution is -0.120. The number of phenols is 2. The number of carbonyl (C=O) groups is 2. The van der Waals surface area contributed by atoms with Crippen LogP contribution in [0.4, 0.5) is 5.69 Å². The van der Waals surface area contributed by atoms with Crippen molar-refractivity contribution < 1.29 is 19.8 Å². The number of phenolic OH excluding ortho intramolecular Hbond substituents is 2. The zero-order valence-electron chi connectivity index (χ0n) is 20.3. The van der Waals surface area contributed by atoms with Crippen LogP contribution in [0.25, 0.3) is 0 Å². The lowest BCUT2D eigenvalue weighted by atomic mass is 9.93. The van der Waals surface area contributed by atoms with Crippen LogP contribution in [-0.2, 0) is 4.79 Å². The molecular weight excluding hydrogens is 468 g/mol. The van der Waals surface area contributed by atoms with Gasteiger partial charge < -0.3 is 15.5 Å². The number of carbonyl (C=O) groups excluding carboxylic acids is 2. The normalized spacial score (nSPS) is 11.9. The molecule has 0 aliphatic carbocycles. The Bertz CT molecular complexity index is 901. The van der Waals surface area contributed by atoms with E-state index in [1.54, 1.807) is 5.38 Å². The Kier molecular flexibility index (Phi) is 13.1. The lowest BCUT2D eigenvalue weighted by Crippen LogP contribution is -2.23. The average Bonchev–Trinajstić information content (AvgIpc) is 3.28. The summed E-state index contributed by atoms with van der Waals surface area (Å²) < 4.78 is 0.583. The Morgan fingerprint density at radius 3 is 2.24 bits per heavy atom. The van der Waals surface area contributed by atoms with Crippen molar-refractivity contribution in [1.29, 1.82) is 0 Å². The van der Waals surface area contributed by atoms with Gasteiger partial charge in [0.15, 0.2) is 10.6 Å². The number of hydrogen-bond acceptors (Lipinski definition) is 7. The maximum absolute atomic E-state index is 13.1. The second-order valence-electron chi connectivity index (χ2n) is 8.69. The third-order valence-electron chi connectivity index (χ3n) is 5.84. The summed E-state index contributed by atoms with van der Waals surface area (Å²) in [5, 5.41) is 25.4. The van der Waals surface area contributed by atoms with Crippen LogP contribution in [0.1, 0.15) is 101 Å². The second-order valence-corrected chi connectivity index (χ2v) is 10.8. The van der Waals surface area contributed by atoms with Gasteiger partial charge >= 0.3 is 0 Å². The summed E-state index contributed by atoms with van der Waals surface area (Å²) in [5.41, 5.74) is 0.538. The largest absolute Gasteiger partial charge is 0.507 e. The van der Waals surface area contributed by atoms with Crippen LogP contribution < -0.4 is 5.32 Å². The number of nitrogens with one attached hydrogen (secondary N) is 1. The number of thiazole rings is 1. The second kappa shape index (κ2) is 15.8. The predicted molar refractivity (Wildman–Crippen MR) is 140 cm³/mol. The van der Waals surface area contributed by atoms with Crippen molar-refractivity contribution in [2.75, 3.05) is 5.32 Å². The summed E-state index contributed by atoms with van der Waals surface area (Å²) >= 11 is 2.44. The monoisotopic (exact) mass is 506 g/mol. The smallest absolute Gasteiger partial charge is 0.227 e. The molecule has 0 saturated heterocycles. The first kappa shape index (κ1) is 28.2. The number of hydrogen-bond donors (Lipinski definition) is 3. The van der Waals surface area contributed by atoms with Crippen molar-refractivity contribution in [2.24, 2.45) is 5.92 Å². The van der Waals surface area contributed by atoms with Gasteiger partial charge in [0.25, 0.3) is 0 Å². The first-order valence-electron chi connectivity index (χ1n) is 12.4. The Hall–Kier alpha value is -2.06. The molecule has 0 bridgehead atoms. The minimum Gasteiger partial charge on any atom is -0.507 e. The summed E-state index contributed by atoms with van der Waals surface area (Å²) in [7, 11) is 0. The highest BCUT2D eigenvalue weighted by molar-refractivity contribution is 8.01. The zero-order valence-corrected chi connectivity index (χ0v) is 22.0. The zero-order chi connectivity index (χ0) is 24.8. The van der Waals surface area contributed by atoms with E-state index < -0.39 is 0 Å². The van der Waals surface area contributed by atoms with Gasteiger partial charge in [0.1, 0.15) is 17.2 Å². The van der Waals surface area contributed by atoms with E-state index in [-0.39, 0.29) is 29.0 Å². The number of aromatic hydroxyl groups is 2. The molecule has 0 saturated carbocycles. The minimum absolute atomic E-state index is 0.0589. The standard InChI is InChI=1S/C26H38N2O4S2/c1-3-5-7-9-10-12-14-19(13-11-8-6-4-2)25(32)28-21-15-23(31)24(16-22(21)30)34-26-27-20(17-29)18-33-26/h15-19,30-31H,3-14H2,1-2H3,(H,28,32). The Morgan fingerprint density at radius 1 is 1.00 bits per heavy atom. The van der Waals surface area contributed by atoms with Crippen LogP contribution in [0.5, 0.6) is 11.5 Å². The molecule has 0 fully saturated rings. The molecule has 2 rings (SSSR count). The average molecular weight is 507 g/mol. The number of rotatable bonds is 17. The first-order chi connectivity index (χ1) is 16.5. The lowest BCUT2D eigenvalue weighted by Gasteiger charge is -2.18. The SMILES string of the molecule is CCCCCCCCC(CCCCCC)C(=O)Nc1cc(O)c(Sc2nc(C=O)cs2)cc1O. The Labute approximate surface area is 211 Å². The number of anilines is 1. The fourth-order valence-corrected chi connectivity index (χ4v) is 5.60. The number of aromatic nitrogens is 1. The maximum atomic E-state index is 13.1. The van der Waals surface area contributed by atoms with Gasteiger partial charge in [0, 0.05) is 17.4 Å². The van der Waals surface area contributed by atoms with Gasteiger partial charge in [-0.15, -0.1) is 11.3 Å². The number of aldehydes is 1. The van der Waals surface area contributed by atoms with Gasteiger partial charge in [-0.05, 0) is 18.9 Å². The third-order valence-corrected chi connectivity index (χ3v) is 7.84. The molecule has 0 spiro atoms. The molecule has 1 amide bonds. The minimum atomic E-state index is -0.106. The highest BCUT2D eigenvalue weighted by Crippen LogP contribution is 2.41.